The molecule has 0 saturated heterocycles. The van der Waals surface area contributed by atoms with Crippen molar-refractivity contribution in [2.75, 3.05) is 0 Å². The van der Waals surface area contributed by atoms with Crippen molar-refractivity contribution in [3.63, 3.8) is 0 Å². The standard InChI is InChI=1S/C24H23N2O/c1-15(2)10-17-6-9-22(26(5)14-17)20-13-24-21(11-16(20)3)19-8-7-18(25-4)12-23(19)27-24/h6-9,11-15H,10H2,1-3,5H3/q+1/i10D2. The van der Waals surface area contributed by atoms with Gasteiger partial charge in [0, 0.05) is 25.1 Å². The first-order chi connectivity index (χ1) is 13.7. The Morgan fingerprint density at radius 3 is 2.59 bits per heavy atom. The number of hydrogen-bond acceptors (Lipinski definition) is 1. The van der Waals surface area contributed by atoms with E-state index >= 15 is 0 Å². The number of aromatic nitrogens is 1. The molecule has 0 saturated carbocycles. The molecule has 4 rings (SSSR count). The molecule has 2 heterocycles. The Hall–Kier alpha value is -3.12. The Bertz CT molecular complexity index is 1300. The third-order valence-corrected chi connectivity index (χ3v) is 4.80. The van der Waals surface area contributed by atoms with Crippen molar-refractivity contribution < 1.29 is 11.7 Å². The van der Waals surface area contributed by atoms with Gasteiger partial charge in [0.1, 0.15) is 18.2 Å². The second kappa shape index (κ2) is 6.55. The van der Waals surface area contributed by atoms with Crippen LogP contribution in [0.2, 0.25) is 0 Å². The average Bonchev–Trinajstić information content (AvgIpc) is 3.03. The third-order valence-electron chi connectivity index (χ3n) is 4.80. The quantitative estimate of drug-likeness (QED) is 0.319. The topological polar surface area (TPSA) is 21.4 Å². The van der Waals surface area contributed by atoms with Crippen molar-refractivity contribution in [2.45, 2.75) is 27.1 Å². The van der Waals surface area contributed by atoms with Gasteiger partial charge in [-0.05, 0) is 49.0 Å². The highest BCUT2D eigenvalue weighted by atomic mass is 16.3. The van der Waals surface area contributed by atoms with Crippen molar-refractivity contribution in [2.24, 2.45) is 13.0 Å². The zero-order valence-electron chi connectivity index (χ0n) is 18.0. The Labute approximate surface area is 162 Å². The van der Waals surface area contributed by atoms with E-state index < -0.39 is 6.37 Å². The first kappa shape index (κ1) is 15.0. The Morgan fingerprint density at radius 2 is 1.89 bits per heavy atom. The highest BCUT2D eigenvalue weighted by Crippen LogP contribution is 2.35. The molecule has 0 spiro atoms. The minimum Gasteiger partial charge on any atom is -0.457 e. The smallest absolute Gasteiger partial charge is 0.212 e. The number of aryl methyl sites for hydroxylation is 2. The van der Waals surface area contributed by atoms with E-state index in [-0.39, 0.29) is 5.92 Å². The van der Waals surface area contributed by atoms with Crippen LogP contribution >= 0.6 is 0 Å². The maximum absolute atomic E-state index is 8.36. The first-order valence-corrected chi connectivity index (χ1v) is 9.07. The lowest BCUT2D eigenvalue weighted by Crippen LogP contribution is -2.31. The lowest BCUT2D eigenvalue weighted by Gasteiger charge is -2.08. The second-order valence-corrected chi connectivity index (χ2v) is 7.27. The van der Waals surface area contributed by atoms with E-state index in [1.54, 1.807) is 6.07 Å². The predicted molar refractivity (Wildman–Crippen MR) is 110 cm³/mol. The number of benzene rings is 2. The molecule has 0 radical (unpaired) electrons. The molecule has 0 aliphatic heterocycles. The number of rotatable bonds is 3. The summed E-state index contributed by atoms with van der Waals surface area (Å²) < 4.78 is 24.7. The summed E-state index contributed by atoms with van der Waals surface area (Å²) in [5.41, 5.74) is 5.89. The van der Waals surface area contributed by atoms with Crippen molar-refractivity contribution >= 4 is 27.6 Å². The van der Waals surface area contributed by atoms with Gasteiger partial charge in [-0.25, -0.2) is 9.41 Å². The van der Waals surface area contributed by atoms with Crippen LogP contribution in [0, 0.1) is 19.4 Å². The SMILES string of the molecule is [2H]C([2H])(c1ccc(-c2cc3oc4cc([N+]#[C-])ccc4c3cc2C)[n+](C)c1)C(C)C. The highest BCUT2D eigenvalue weighted by Gasteiger charge is 2.17. The van der Waals surface area contributed by atoms with E-state index in [2.05, 4.69) is 17.8 Å². The van der Waals surface area contributed by atoms with Crippen LogP contribution < -0.4 is 4.57 Å². The summed E-state index contributed by atoms with van der Waals surface area (Å²) in [5, 5.41) is 2.04. The van der Waals surface area contributed by atoms with Gasteiger partial charge in [-0.3, -0.25) is 0 Å². The van der Waals surface area contributed by atoms with Gasteiger partial charge in [-0.15, -0.1) is 0 Å². The van der Waals surface area contributed by atoms with E-state index in [0.29, 0.717) is 11.3 Å². The molecule has 0 amide bonds. The molecule has 0 N–H and O–H groups in total. The summed E-state index contributed by atoms with van der Waals surface area (Å²) in [6, 6.07) is 13.5. The van der Waals surface area contributed by atoms with Crippen LogP contribution in [0.25, 0.3) is 38.0 Å². The minimum atomic E-state index is -1.38. The average molecular weight is 357 g/mol. The monoisotopic (exact) mass is 357 g/mol. The summed E-state index contributed by atoms with van der Waals surface area (Å²) in [6.07, 6.45) is 0.494. The molecular formula is C24H23N2O+. The molecule has 4 aromatic rings. The van der Waals surface area contributed by atoms with E-state index in [9.17, 15) is 0 Å². The largest absolute Gasteiger partial charge is 0.457 e. The van der Waals surface area contributed by atoms with Crippen molar-refractivity contribution in [3.8, 4) is 11.3 Å². The summed E-state index contributed by atoms with van der Waals surface area (Å²) in [4.78, 5) is 3.48. The van der Waals surface area contributed by atoms with Crippen LogP contribution in [0.5, 0.6) is 0 Å². The molecular weight excluding hydrogens is 332 g/mol. The minimum absolute atomic E-state index is 0.109. The molecule has 3 heteroatoms. The van der Waals surface area contributed by atoms with Crippen LogP contribution in [0.15, 0.2) is 53.1 Å². The fourth-order valence-corrected chi connectivity index (χ4v) is 3.57. The summed E-state index contributed by atoms with van der Waals surface area (Å²) in [6.45, 7) is 13.1. The van der Waals surface area contributed by atoms with E-state index in [4.69, 9.17) is 13.7 Å². The van der Waals surface area contributed by atoms with Gasteiger partial charge < -0.3 is 4.42 Å². The maximum Gasteiger partial charge on any atom is 0.212 e. The van der Waals surface area contributed by atoms with Gasteiger partial charge in [0.05, 0.1) is 12.1 Å². The van der Waals surface area contributed by atoms with E-state index in [1.165, 1.54) is 0 Å². The number of furan rings is 1. The Balaban J connectivity index is 1.87. The van der Waals surface area contributed by atoms with Crippen molar-refractivity contribution in [1.82, 2.24) is 0 Å². The van der Waals surface area contributed by atoms with Gasteiger partial charge in [0.25, 0.3) is 0 Å². The lowest BCUT2D eigenvalue weighted by atomic mass is 9.99. The van der Waals surface area contributed by atoms with Crippen LogP contribution in [-0.4, -0.2) is 0 Å². The number of pyridine rings is 1. The zero-order valence-corrected chi connectivity index (χ0v) is 16.0. The normalized spacial score (nSPS) is 13.0. The fourth-order valence-electron chi connectivity index (χ4n) is 3.57. The van der Waals surface area contributed by atoms with E-state index in [1.807, 2.05) is 62.0 Å². The van der Waals surface area contributed by atoms with Gasteiger partial charge in [0.15, 0.2) is 11.9 Å². The molecule has 27 heavy (non-hydrogen) atoms. The number of fused-ring (bicyclic) bond motifs is 3. The van der Waals surface area contributed by atoms with Crippen LogP contribution in [-0.2, 0) is 13.4 Å². The van der Waals surface area contributed by atoms with Gasteiger partial charge in [-0.1, -0.05) is 26.0 Å². The summed E-state index contributed by atoms with van der Waals surface area (Å²) >= 11 is 0. The van der Waals surface area contributed by atoms with Crippen LogP contribution in [0.1, 0.15) is 27.7 Å². The summed E-state index contributed by atoms with van der Waals surface area (Å²) in [5.74, 6) is -0.109. The van der Waals surface area contributed by atoms with Gasteiger partial charge in [-0.2, -0.15) is 0 Å². The molecule has 0 bridgehead atoms. The number of hydrogen-bond donors (Lipinski definition) is 0. The molecule has 134 valence electrons. The highest BCUT2D eigenvalue weighted by molar-refractivity contribution is 6.07. The molecule has 0 atom stereocenters. The molecule has 2 aromatic heterocycles. The van der Waals surface area contributed by atoms with Gasteiger partial charge >= 0.3 is 0 Å². The third kappa shape index (κ3) is 3.08. The number of nitrogens with zero attached hydrogens (tertiary/aromatic N) is 2. The Morgan fingerprint density at radius 1 is 1.11 bits per heavy atom. The second-order valence-electron chi connectivity index (χ2n) is 7.27. The maximum atomic E-state index is 8.36. The van der Waals surface area contributed by atoms with Crippen LogP contribution in [0.4, 0.5) is 5.69 Å². The zero-order chi connectivity index (χ0) is 20.9. The molecule has 0 aliphatic rings. The van der Waals surface area contributed by atoms with Crippen LogP contribution in [0.3, 0.4) is 0 Å². The van der Waals surface area contributed by atoms with E-state index in [0.717, 1.165) is 38.8 Å². The predicted octanol–water partition coefficient (Wildman–Crippen LogP) is 6.14. The van der Waals surface area contributed by atoms with Crippen molar-refractivity contribution in [1.29, 1.82) is 0 Å². The molecule has 0 fully saturated rings. The van der Waals surface area contributed by atoms with Gasteiger partial charge in [0.2, 0.25) is 5.69 Å². The molecule has 0 aliphatic carbocycles. The first-order valence-electron chi connectivity index (χ1n) is 10.1. The molecule has 2 aromatic carbocycles. The lowest BCUT2D eigenvalue weighted by molar-refractivity contribution is -0.660. The molecule has 0 unspecified atom stereocenters. The Kier molecular flexibility index (Phi) is 3.64. The summed E-state index contributed by atoms with van der Waals surface area (Å²) in [7, 11) is 1.94. The van der Waals surface area contributed by atoms with Crippen molar-refractivity contribution in [3.05, 3.63) is 71.2 Å². The molecule has 3 nitrogen and oxygen atoms in total. The fraction of sp³-hybridized carbons (Fsp3) is 0.250.